The first-order valence-corrected chi connectivity index (χ1v) is 14.0. The first-order valence-electron chi connectivity index (χ1n) is 14.0. The summed E-state index contributed by atoms with van der Waals surface area (Å²) in [7, 11) is 0. The van der Waals surface area contributed by atoms with Crippen LogP contribution in [0, 0.1) is 11.3 Å². The first kappa shape index (κ1) is 23.0. The van der Waals surface area contributed by atoms with Crippen molar-refractivity contribution in [2.75, 3.05) is 0 Å². The van der Waals surface area contributed by atoms with Gasteiger partial charge in [-0.1, -0.05) is 84.4 Å². The van der Waals surface area contributed by atoms with E-state index in [9.17, 15) is 0 Å². The zero-order valence-corrected chi connectivity index (χ0v) is 21.7. The molecular formula is C35H33N3. The van der Waals surface area contributed by atoms with Gasteiger partial charge in [-0.25, -0.2) is 0 Å². The Morgan fingerprint density at radius 1 is 0.605 bits per heavy atom. The van der Waals surface area contributed by atoms with Crippen molar-refractivity contribution >= 4 is 49.3 Å². The summed E-state index contributed by atoms with van der Waals surface area (Å²) in [5, 5.41) is 14.2. The average Bonchev–Trinajstić information content (AvgIpc) is 3.44. The lowest BCUT2D eigenvalue weighted by atomic mass is 9.77. The van der Waals surface area contributed by atoms with Crippen LogP contribution in [-0.2, 0) is 13.1 Å². The van der Waals surface area contributed by atoms with Gasteiger partial charge in [-0.2, -0.15) is 0 Å². The summed E-state index contributed by atoms with van der Waals surface area (Å²) < 4.78 is 4.93. The number of rotatable bonds is 9. The number of benzene rings is 4. The van der Waals surface area contributed by atoms with Crippen molar-refractivity contribution in [3.63, 3.8) is 0 Å². The molecule has 0 spiro atoms. The van der Waals surface area contributed by atoms with Crippen molar-refractivity contribution in [1.29, 1.82) is 5.41 Å². The normalized spacial score (nSPS) is 15.4. The molecule has 7 rings (SSSR count). The fourth-order valence-corrected chi connectivity index (χ4v) is 6.58. The molecule has 1 atom stereocenters. The molecule has 1 unspecified atom stereocenters. The average molecular weight is 496 g/mol. The Hall–Kier alpha value is -4.11. The van der Waals surface area contributed by atoms with Crippen molar-refractivity contribution in [1.82, 2.24) is 9.13 Å². The van der Waals surface area contributed by atoms with Gasteiger partial charge in [-0.05, 0) is 56.4 Å². The van der Waals surface area contributed by atoms with Gasteiger partial charge in [-0.3, -0.25) is 0 Å². The smallest absolute Gasteiger partial charge is 0.0491 e. The van der Waals surface area contributed by atoms with E-state index >= 15 is 0 Å². The summed E-state index contributed by atoms with van der Waals surface area (Å²) in [6, 6.07) is 34.9. The largest absolute Gasteiger partial charge is 0.340 e. The third-order valence-corrected chi connectivity index (χ3v) is 8.52. The molecule has 6 aromatic rings. The van der Waals surface area contributed by atoms with E-state index in [-0.39, 0.29) is 0 Å². The maximum Gasteiger partial charge on any atom is 0.0491 e. The predicted molar refractivity (Wildman–Crippen MR) is 161 cm³/mol. The van der Waals surface area contributed by atoms with Crippen LogP contribution < -0.4 is 0 Å². The molecular weight excluding hydrogens is 462 g/mol. The molecule has 0 fully saturated rings. The number of fused-ring (bicyclic) bond motifs is 6. The van der Waals surface area contributed by atoms with Crippen molar-refractivity contribution < 1.29 is 0 Å². The van der Waals surface area contributed by atoms with Crippen LogP contribution in [0.4, 0.5) is 0 Å². The number of hydrogen-bond donors (Lipinski definition) is 1. The van der Waals surface area contributed by atoms with Gasteiger partial charge < -0.3 is 14.5 Å². The Balaban J connectivity index is 0.985. The molecule has 4 aromatic carbocycles. The van der Waals surface area contributed by atoms with Crippen LogP contribution in [0.5, 0.6) is 0 Å². The van der Waals surface area contributed by atoms with E-state index in [1.807, 2.05) is 0 Å². The van der Waals surface area contributed by atoms with Crippen LogP contribution in [0.1, 0.15) is 32.1 Å². The predicted octanol–water partition coefficient (Wildman–Crippen LogP) is 9.13. The number of para-hydroxylation sites is 4. The summed E-state index contributed by atoms with van der Waals surface area (Å²) >= 11 is 0. The number of nitrogens with one attached hydrogen (secondary N) is 1. The van der Waals surface area contributed by atoms with Gasteiger partial charge in [0.05, 0.1) is 0 Å². The minimum Gasteiger partial charge on any atom is -0.340 e. The summed E-state index contributed by atoms with van der Waals surface area (Å²) in [4.78, 5) is 0. The molecule has 0 radical (unpaired) electrons. The molecule has 0 bridgehead atoms. The highest BCUT2D eigenvalue weighted by Crippen LogP contribution is 2.35. The van der Waals surface area contributed by atoms with Crippen LogP contribution in [0.15, 0.2) is 109 Å². The number of nitrogens with zero attached hydrogens (tertiary/aromatic N) is 2. The SMILES string of the molecule is N=C(CCCn1c2ccccc2c2ccccc21)C1CC=C1CCCn1c2ccccc2c2ccccc21. The van der Waals surface area contributed by atoms with Crippen molar-refractivity contribution in [3.8, 4) is 0 Å². The molecule has 1 aliphatic rings. The zero-order valence-electron chi connectivity index (χ0n) is 21.7. The monoisotopic (exact) mass is 495 g/mol. The molecule has 3 nitrogen and oxygen atoms in total. The second-order valence-electron chi connectivity index (χ2n) is 10.7. The molecule has 1 aliphatic carbocycles. The van der Waals surface area contributed by atoms with Gasteiger partial charge >= 0.3 is 0 Å². The molecule has 0 saturated heterocycles. The van der Waals surface area contributed by atoms with Gasteiger partial charge in [0.2, 0.25) is 0 Å². The minimum absolute atomic E-state index is 0.353. The van der Waals surface area contributed by atoms with E-state index in [0.717, 1.165) is 50.9 Å². The van der Waals surface area contributed by atoms with Crippen LogP contribution in [0.25, 0.3) is 43.6 Å². The van der Waals surface area contributed by atoms with Gasteiger partial charge in [0, 0.05) is 68.3 Å². The fourth-order valence-electron chi connectivity index (χ4n) is 6.58. The number of hydrogen-bond acceptors (Lipinski definition) is 1. The Morgan fingerprint density at radius 2 is 1.03 bits per heavy atom. The van der Waals surface area contributed by atoms with E-state index in [2.05, 4.69) is 112 Å². The fraction of sp³-hybridized carbons (Fsp3) is 0.229. The Labute approximate surface area is 223 Å². The van der Waals surface area contributed by atoms with Crippen LogP contribution in [0.2, 0.25) is 0 Å². The first-order chi connectivity index (χ1) is 18.8. The second-order valence-corrected chi connectivity index (χ2v) is 10.7. The van der Waals surface area contributed by atoms with E-state index in [1.54, 1.807) is 0 Å². The molecule has 38 heavy (non-hydrogen) atoms. The Morgan fingerprint density at radius 3 is 1.45 bits per heavy atom. The molecule has 0 saturated carbocycles. The van der Waals surface area contributed by atoms with Crippen LogP contribution in [-0.4, -0.2) is 14.8 Å². The molecule has 3 heteroatoms. The Bertz CT molecular complexity index is 1720. The standard InChI is InChI=1S/C35H33N3/c36-31(16-10-24-38-34-19-7-3-14-29(34)30-15-4-8-20-35(30)38)26-22-21-25(26)11-9-23-37-32-17-5-1-12-27(32)28-13-2-6-18-33(28)37/h1-8,12-15,17-21,26,36H,9-11,16,22-24H2. The number of aromatic nitrogens is 2. The third-order valence-electron chi connectivity index (χ3n) is 8.52. The van der Waals surface area contributed by atoms with Gasteiger partial charge in [0.25, 0.3) is 0 Å². The lowest BCUT2D eigenvalue weighted by Gasteiger charge is -2.28. The van der Waals surface area contributed by atoms with Crippen molar-refractivity contribution in [2.45, 2.75) is 45.2 Å². The number of allylic oxidation sites excluding steroid dienone is 2. The van der Waals surface area contributed by atoms with E-state index in [1.165, 1.54) is 49.2 Å². The third kappa shape index (κ3) is 3.85. The topological polar surface area (TPSA) is 33.7 Å². The highest BCUT2D eigenvalue weighted by atomic mass is 15.0. The van der Waals surface area contributed by atoms with Gasteiger partial charge in [-0.15, -0.1) is 0 Å². The maximum absolute atomic E-state index is 8.87. The summed E-state index contributed by atoms with van der Waals surface area (Å²) in [5.74, 6) is 0.353. The minimum atomic E-state index is 0.353. The summed E-state index contributed by atoms with van der Waals surface area (Å²) in [6.45, 7) is 1.97. The summed E-state index contributed by atoms with van der Waals surface area (Å²) in [6.07, 6.45) is 7.49. The molecule has 188 valence electrons. The molecule has 0 amide bonds. The van der Waals surface area contributed by atoms with Crippen molar-refractivity contribution in [2.24, 2.45) is 5.92 Å². The second kappa shape index (κ2) is 9.64. The number of aryl methyl sites for hydroxylation is 2. The molecule has 2 heterocycles. The summed E-state index contributed by atoms with van der Waals surface area (Å²) in [5.41, 5.74) is 7.65. The van der Waals surface area contributed by atoms with Gasteiger partial charge in [0.1, 0.15) is 0 Å². The van der Waals surface area contributed by atoms with E-state index in [4.69, 9.17) is 5.41 Å². The lowest BCUT2D eigenvalue weighted by molar-refractivity contribution is 0.595. The van der Waals surface area contributed by atoms with E-state index in [0.29, 0.717) is 5.92 Å². The highest BCUT2D eigenvalue weighted by Gasteiger charge is 2.25. The van der Waals surface area contributed by atoms with E-state index < -0.39 is 0 Å². The molecule has 0 aliphatic heterocycles. The maximum atomic E-state index is 8.87. The van der Waals surface area contributed by atoms with Crippen LogP contribution >= 0.6 is 0 Å². The zero-order chi connectivity index (χ0) is 25.5. The molecule has 1 N–H and O–H groups in total. The van der Waals surface area contributed by atoms with Gasteiger partial charge in [0.15, 0.2) is 0 Å². The lowest BCUT2D eigenvalue weighted by Crippen LogP contribution is -2.22. The Kier molecular flexibility index (Phi) is 5.85. The molecule has 2 aromatic heterocycles. The highest BCUT2D eigenvalue weighted by molar-refractivity contribution is 6.08. The quantitative estimate of drug-likeness (QED) is 0.153. The van der Waals surface area contributed by atoms with Crippen LogP contribution in [0.3, 0.4) is 0 Å². The van der Waals surface area contributed by atoms with Crippen molar-refractivity contribution in [3.05, 3.63) is 109 Å².